The molecule has 0 atom stereocenters. The molecule has 0 aromatic rings. The highest BCUT2D eigenvalue weighted by Crippen LogP contribution is 2.24. The van der Waals surface area contributed by atoms with Crippen molar-refractivity contribution in [2.45, 2.75) is 48.0 Å². The van der Waals surface area contributed by atoms with E-state index in [1.807, 2.05) is 13.1 Å². The smallest absolute Gasteiger partial charge is 0.0419 e. The summed E-state index contributed by atoms with van der Waals surface area (Å²) in [7, 11) is 0. The van der Waals surface area contributed by atoms with Crippen LogP contribution in [-0.2, 0) is 0 Å². The van der Waals surface area contributed by atoms with Crippen molar-refractivity contribution in [3.63, 3.8) is 0 Å². The van der Waals surface area contributed by atoms with Crippen molar-refractivity contribution in [2.24, 2.45) is 16.8 Å². The van der Waals surface area contributed by atoms with Crippen molar-refractivity contribution in [3.8, 4) is 0 Å². The first-order valence-corrected chi connectivity index (χ1v) is 5.26. The number of hydrogen-bond donors (Lipinski definition) is 0. The first kappa shape index (κ1) is 12.4. The molecule has 0 heterocycles. The minimum Gasteiger partial charge on any atom is -0.266 e. The standard InChI is InChI=1S/C12H23N/c1-7-11(9(3)4)12(10(5)6)13-8-2/h8-10H,7H2,1-6H3/b12-11+,13-8?. The van der Waals surface area contributed by atoms with Gasteiger partial charge in [-0.2, -0.15) is 0 Å². The van der Waals surface area contributed by atoms with E-state index in [1.54, 1.807) is 0 Å². The molecule has 0 aromatic heterocycles. The molecule has 13 heavy (non-hydrogen) atoms. The van der Waals surface area contributed by atoms with Crippen LogP contribution < -0.4 is 0 Å². The molecule has 1 nitrogen and oxygen atoms in total. The van der Waals surface area contributed by atoms with Crippen molar-refractivity contribution in [1.29, 1.82) is 0 Å². The molecule has 1 heteroatoms. The maximum atomic E-state index is 4.47. The Labute approximate surface area is 83.0 Å². The molecular formula is C12H23N. The number of aliphatic imine (C=N–C) groups is 1. The molecule has 0 amide bonds. The van der Waals surface area contributed by atoms with Crippen LogP contribution in [0.3, 0.4) is 0 Å². The van der Waals surface area contributed by atoms with Gasteiger partial charge in [-0.25, -0.2) is 0 Å². The molecule has 0 saturated heterocycles. The largest absolute Gasteiger partial charge is 0.266 e. The van der Waals surface area contributed by atoms with Gasteiger partial charge in [0.2, 0.25) is 0 Å². The Bertz CT molecular complexity index is 197. The molecular weight excluding hydrogens is 158 g/mol. The lowest BCUT2D eigenvalue weighted by Crippen LogP contribution is -2.02. The molecule has 0 saturated carbocycles. The summed E-state index contributed by atoms with van der Waals surface area (Å²) < 4.78 is 0. The highest BCUT2D eigenvalue weighted by atomic mass is 14.7. The van der Waals surface area contributed by atoms with Crippen molar-refractivity contribution in [3.05, 3.63) is 11.3 Å². The van der Waals surface area contributed by atoms with Crippen LogP contribution in [0.4, 0.5) is 0 Å². The average Bonchev–Trinajstić information content (AvgIpc) is 2.03. The fourth-order valence-corrected chi connectivity index (χ4v) is 1.63. The second kappa shape index (κ2) is 5.95. The average molecular weight is 181 g/mol. The molecule has 76 valence electrons. The molecule has 0 aromatic carbocycles. The molecule has 0 bridgehead atoms. The van der Waals surface area contributed by atoms with E-state index in [2.05, 4.69) is 39.6 Å². The van der Waals surface area contributed by atoms with Crippen LogP contribution in [0.1, 0.15) is 48.0 Å². The predicted molar refractivity (Wildman–Crippen MR) is 61.2 cm³/mol. The summed E-state index contributed by atoms with van der Waals surface area (Å²) in [5.74, 6) is 1.15. The van der Waals surface area contributed by atoms with Crippen molar-refractivity contribution in [2.75, 3.05) is 0 Å². The van der Waals surface area contributed by atoms with E-state index in [9.17, 15) is 0 Å². The first-order chi connectivity index (χ1) is 6.04. The molecule has 0 aliphatic heterocycles. The fourth-order valence-electron chi connectivity index (χ4n) is 1.63. The topological polar surface area (TPSA) is 12.4 Å². The summed E-state index contributed by atoms with van der Waals surface area (Å²) in [5.41, 5.74) is 2.77. The zero-order valence-electron chi connectivity index (χ0n) is 9.89. The number of nitrogens with zero attached hydrogens (tertiary/aromatic N) is 1. The Kier molecular flexibility index (Phi) is 5.68. The summed E-state index contributed by atoms with van der Waals surface area (Å²) in [6.45, 7) is 13.1. The lowest BCUT2D eigenvalue weighted by Gasteiger charge is -2.16. The zero-order valence-corrected chi connectivity index (χ0v) is 9.89. The minimum absolute atomic E-state index is 0.536. The Balaban J connectivity index is 5.00. The van der Waals surface area contributed by atoms with Crippen LogP contribution in [0.15, 0.2) is 16.3 Å². The monoisotopic (exact) mass is 181 g/mol. The van der Waals surface area contributed by atoms with Crippen molar-refractivity contribution >= 4 is 6.21 Å². The Morgan fingerprint density at radius 3 is 1.92 bits per heavy atom. The van der Waals surface area contributed by atoms with Gasteiger partial charge in [-0.05, 0) is 30.8 Å². The second-order valence-corrected chi connectivity index (χ2v) is 3.96. The Hall–Kier alpha value is -0.590. The van der Waals surface area contributed by atoms with Gasteiger partial charge in [0.1, 0.15) is 0 Å². The van der Waals surface area contributed by atoms with Gasteiger partial charge in [-0.15, -0.1) is 0 Å². The third kappa shape index (κ3) is 3.75. The number of hydrogen-bond acceptors (Lipinski definition) is 1. The van der Waals surface area contributed by atoms with Gasteiger partial charge in [0, 0.05) is 11.9 Å². The van der Waals surface area contributed by atoms with E-state index in [0.29, 0.717) is 11.8 Å². The van der Waals surface area contributed by atoms with Gasteiger partial charge >= 0.3 is 0 Å². The van der Waals surface area contributed by atoms with Gasteiger partial charge in [0.05, 0.1) is 0 Å². The minimum atomic E-state index is 0.536. The normalized spacial score (nSPS) is 14.5. The number of rotatable bonds is 4. The van der Waals surface area contributed by atoms with Crippen LogP contribution in [0.2, 0.25) is 0 Å². The highest BCUT2D eigenvalue weighted by Gasteiger charge is 2.10. The molecule has 0 radical (unpaired) electrons. The molecule has 0 fully saturated rings. The van der Waals surface area contributed by atoms with Crippen molar-refractivity contribution < 1.29 is 0 Å². The lowest BCUT2D eigenvalue weighted by molar-refractivity contribution is 0.661. The second-order valence-electron chi connectivity index (χ2n) is 3.96. The van der Waals surface area contributed by atoms with E-state index in [1.165, 1.54) is 11.3 Å². The highest BCUT2D eigenvalue weighted by molar-refractivity contribution is 5.55. The van der Waals surface area contributed by atoms with Crippen LogP contribution in [0.25, 0.3) is 0 Å². The van der Waals surface area contributed by atoms with E-state index < -0.39 is 0 Å². The lowest BCUT2D eigenvalue weighted by atomic mass is 9.94. The summed E-state index contributed by atoms with van der Waals surface area (Å²) >= 11 is 0. The van der Waals surface area contributed by atoms with Gasteiger partial charge in [-0.3, -0.25) is 4.99 Å². The quantitative estimate of drug-likeness (QED) is 0.580. The van der Waals surface area contributed by atoms with Gasteiger partial charge in [-0.1, -0.05) is 34.6 Å². The maximum absolute atomic E-state index is 4.47. The van der Waals surface area contributed by atoms with E-state index in [-0.39, 0.29) is 0 Å². The molecule has 0 spiro atoms. The summed E-state index contributed by atoms with van der Waals surface area (Å²) in [6, 6.07) is 0. The third-order valence-electron chi connectivity index (χ3n) is 2.22. The summed E-state index contributed by atoms with van der Waals surface area (Å²) in [4.78, 5) is 4.47. The van der Waals surface area contributed by atoms with Crippen LogP contribution in [0.5, 0.6) is 0 Å². The SMILES string of the molecule is CC=N/C(=C(\CC)C(C)C)C(C)C. The Morgan fingerprint density at radius 1 is 1.15 bits per heavy atom. The van der Waals surface area contributed by atoms with Gasteiger partial charge < -0.3 is 0 Å². The van der Waals surface area contributed by atoms with Gasteiger partial charge in [0.15, 0.2) is 0 Å². The van der Waals surface area contributed by atoms with E-state index in [0.717, 1.165) is 6.42 Å². The predicted octanol–water partition coefficient (Wildman–Crippen LogP) is 4.05. The molecule has 0 unspecified atom stereocenters. The summed E-state index contributed by atoms with van der Waals surface area (Å²) in [6.07, 6.45) is 3.01. The molecule has 0 aliphatic carbocycles. The fraction of sp³-hybridized carbons (Fsp3) is 0.750. The molecule has 0 aliphatic rings. The van der Waals surface area contributed by atoms with E-state index >= 15 is 0 Å². The molecule has 0 N–H and O–H groups in total. The maximum Gasteiger partial charge on any atom is 0.0419 e. The zero-order chi connectivity index (χ0) is 10.4. The van der Waals surface area contributed by atoms with Gasteiger partial charge in [0.25, 0.3) is 0 Å². The summed E-state index contributed by atoms with van der Waals surface area (Å²) in [5, 5.41) is 0. The third-order valence-corrected chi connectivity index (χ3v) is 2.22. The van der Waals surface area contributed by atoms with Crippen LogP contribution in [-0.4, -0.2) is 6.21 Å². The van der Waals surface area contributed by atoms with Crippen LogP contribution in [0, 0.1) is 11.8 Å². The number of allylic oxidation sites excluding steroid dienone is 2. The van der Waals surface area contributed by atoms with Crippen LogP contribution >= 0.6 is 0 Å². The molecule has 0 rings (SSSR count). The van der Waals surface area contributed by atoms with Crippen molar-refractivity contribution in [1.82, 2.24) is 0 Å². The first-order valence-electron chi connectivity index (χ1n) is 5.26. The Morgan fingerprint density at radius 2 is 1.69 bits per heavy atom. The van der Waals surface area contributed by atoms with E-state index in [4.69, 9.17) is 0 Å².